The number of hydrogen-bond donors (Lipinski definition) is 0. The van der Waals surface area contributed by atoms with Gasteiger partial charge in [-0.1, -0.05) is 37.8 Å². The third-order valence-electron chi connectivity index (χ3n) is 4.85. The molecular weight excluding hydrogens is 246 g/mol. The van der Waals surface area contributed by atoms with Gasteiger partial charge in [0.2, 0.25) is 0 Å². The molecule has 0 aromatic carbocycles. The first-order chi connectivity index (χ1) is 9.58. The monoisotopic (exact) mass is 271 g/mol. The van der Waals surface area contributed by atoms with Crippen molar-refractivity contribution in [2.45, 2.75) is 31.5 Å². The zero-order valence-electron chi connectivity index (χ0n) is 12.5. The van der Waals surface area contributed by atoms with Crippen LogP contribution < -0.4 is 0 Å². The van der Waals surface area contributed by atoms with Gasteiger partial charge in [0.15, 0.2) is 0 Å². The number of likely N-dealkylation sites (tertiary alicyclic amines) is 1. The fourth-order valence-electron chi connectivity index (χ4n) is 3.81. The van der Waals surface area contributed by atoms with E-state index in [1.165, 1.54) is 0 Å². The van der Waals surface area contributed by atoms with Crippen LogP contribution in [0.25, 0.3) is 0 Å². The van der Waals surface area contributed by atoms with Crippen LogP contribution in [0.2, 0.25) is 0 Å². The molecule has 5 atom stereocenters. The molecule has 0 aromatic rings. The third-order valence-corrected chi connectivity index (χ3v) is 4.85. The van der Waals surface area contributed by atoms with Crippen LogP contribution in [0.15, 0.2) is 62.5 Å². The molecule has 2 aliphatic rings. The summed E-state index contributed by atoms with van der Waals surface area (Å²) in [6.45, 7) is 14.0. The van der Waals surface area contributed by atoms with Crippen LogP contribution in [0.1, 0.15) is 13.3 Å². The highest BCUT2D eigenvalue weighted by molar-refractivity contribution is 5.25. The van der Waals surface area contributed by atoms with E-state index in [0.29, 0.717) is 18.0 Å². The van der Waals surface area contributed by atoms with Crippen LogP contribution in [-0.4, -0.2) is 30.1 Å². The predicted molar refractivity (Wildman–Crippen MR) is 85.3 cm³/mol. The second-order valence-corrected chi connectivity index (χ2v) is 5.88. The van der Waals surface area contributed by atoms with Gasteiger partial charge in [-0.15, -0.1) is 13.2 Å². The summed E-state index contributed by atoms with van der Waals surface area (Å²) in [5.41, 5.74) is 0.108. The number of nitrogens with zero attached hydrogens (tertiary/aromatic N) is 1. The molecule has 1 fully saturated rings. The Morgan fingerprint density at radius 1 is 1.30 bits per heavy atom. The number of fused-ring (bicyclic) bond motifs is 1. The minimum atomic E-state index is 0.108. The molecule has 1 aliphatic heterocycles. The summed E-state index contributed by atoms with van der Waals surface area (Å²) in [6, 6.07) is 0.707. The average Bonchev–Trinajstić information content (AvgIpc) is 2.65. The molecule has 0 saturated carbocycles. The van der Waals surface area contributed by atoms with E-state index in [1.54, 1.807) is 12.3 Å². The van der Waals surface area contributed by atoms with E-state index in [4.69, 9.17) is 4.74 Å². The first kappa shape index (κ1) is 14.9. The highest BCUT2D eigenvalue weighted by Gasteiger charge is 2.53. The maximum absolute atomic E-state index is 5.76. The van der Waals surface area contributed by atoms with Gasteiger partial charge < -0.3 is 4.74 Å². The van der Waals surface area contributed by atoms with Crippen molar-refractivity contribution in [2.24, 2.45) is 11.3 Å². The highest BCUT2D eigenvalue weighted by atomic mass is 16.5. The molecule has 0 bridgehead atoms. The van der Waals surface area contributed by atoms with E-state index < -0.39 is 0 Å². The van der Waals surface area contributed by atoms with Gasteiger partial charge in [0.1, 0.15) is 6.10 Å². The Balaban J connectivity index is 2.24. The van der Waals surface area contributed by atoms with E-state index in [1.807, 2.05) is 6.08 Å². The Kier molecular flexibility index (Phi) is 4.34. The van der Waals surface area contributed by atoms with Gasteiger partial charge in [0.25, 0.3) is 0 Å². The number of hydrogen-bond acceptors (Lipinski definition) is 2. The molecule has 2 rings (SSSR count). The quantitative estimate of drug-likeness (QED) is 0.429. The van der Waals surface area contributed by atoms with Gasteiger partial charge in [-0.3, -0.25) is 4.90 Å². The Morgan fingerprint density at radius 2 is 2.05 bits per heavy atom. The van der Waals surface area contributed by atoms with Gasteiger partial charge >= 0.3 is 0 Å². The molecular formula is C18H25NO. The lowest BCUT2D eigenvalue weighted by molar-refractivity contribution is 0.116. The Hall–Kier alpha value is -1.54. The van der Waals surface area contributed by atoms with Crippen molar-refractivity contribution in [3.8, 4) is 0 Å². The molecule has 108 valence electrons. The van der Waals surface area contributed by atoms with Crippen molar-refractivity contribution in [3.63, 3.8) is 0 Å². The first-order valence-electron chi connectivity index (χ1n) is 7.18. The van der Waals surface area contributed by atoms with Crippen molar-refractivity contribution in [1.29, 1.82) is 0 Å². The van der Waals surface area contributed by atoms with Crippen LogP contribution in [0.5, 0.6) is 0 Å². The summed E-state index contributed by atoms with van der Waals surface area (Å²) >= 11 is 0. The summed E-state index contributed by atoms with van der Waals surface area (Å²) < 4.78 is 5.76. The molecule has 0 amide bonds. The van der Waals surface area contributed by atoms with Crippen molar-refractivity contribution < 1.29 is 4.74 Å². The molecule has 1 heterocycles. The lowest BCUT2D eigenvalue weighted by Crippen LogP contribution is -2.37. The van der Waals surface area contributed by atoms with Crippen molar-refractivity contribution in [2.75, 3.05) is 7.05 Å². The van der Waals surface area contributed by atoms with Crippen LogP contribution in [-0.2, 0) is 4.74 Å². The molecule has 1 saturated heterocycles. The van der Waals surface area contributed by atoms with Crippen LogP contribution in [0.3, 0.4) is 0 Å². The molecule has 0 radical (unpaired) electrons. The third kappa shape index (κ3) is 2.29. The standard InChI is InChI=1S/C18H25NO/c1-6-9-12-20-14-10-11-18(4)15(13-14)16(7-2)19(5)17(18)8-3/h6-12,14-17H,1-3,13H2,4-5H3/b12-9-/t14?,15?,16?,17?,18-/m1/s1. The summed E-state index contributed by atoms with van der Waals surface area (Å²) in [5, 5.41) is 0. The number of ether oxygens (including phenoxy) is 1. The van der Waals surface area contributed by atoms with E-state index in [0.717, 1.165) is 6.42 Å². The van der Waals surface area contributed by atoms with E-state index in [-0.39, 0.29) is 11.5 Å². The zero-order chi connectivity index (χ0) is 14.8. The summed E-state index contributed by atoms with van der Waals surface area (Å²) in [6.07, 6.45) is 15.0. The van der Waals surface area contributed by atoms with Gasteiger partial charge in [-0.25, -0.2) is 0 Å². The maximum Gasteiger partial charge on any atom is 0.116 e. The minimum Gasteiger partial charge on any atom is -0.494 e. The second kappa shape index (κ2) is 5.84. The summed E-state index contributed by atoms with van der Waals surface area (Å²) in [5.74, 6) is 0.500. The summed E-state index contributed by atoms with van der Waals surface area (Å²) in [4.78, 5) is 2.37. The Morgan fingerprint density at radius 3 is 2.65 bits per heavy atom. The van der Waals surface area contributed by atoms with Crippen molar-refractivity contribution in [1.82, 2.24) is 4.90 Å². The summed E-state index contributed by atoms with van der Waals surface area (Å²) in [7, 11) is 2.16. The van der Waals surface area contributed by atoms with Crippen LogP contribution >= 0.6 is 0 Å². The largest absolute Gasteiger partial charge is 0.494 e. The number of rotatable bonds is 5. The maximum atomic E-state index is 5.76. The molecule has 4 unspecified atom stereocenters. The highest BCUT2D eigenvalue weighted by Crippen LogP contribution is 2.51. The molecule has 2 nitrogen and oxygen atoms in total. The second-order valence-electron chi connectivity index (χ2n) is 5.88. The first-order valence-corrected chi connectivity index (χ1v) is 7.18. The molecule has 0 N–H and O–H groups in total. The lowest BCUT2D eigenvalue weighted by atomic mass is 9.67. The normalized spacial score (nSPS) is 40.5. The van der Waals surface area contributed by atoms with Crippen molar-refractivity contribution in [3.05, 3.63) is 62.5 Å². The van der Waals surface area contributed by atoms with Gasteiger partial charge in [0.05, 0.1) is 6.26 Å². The average molecular weight is 271 g/mol. The molecule has 0 aromatic heterocycles. The molecule has 0 spiro atoms. The van der Waals surface area contributed by atoms with E-state index in [9.17, 15) is 0 Å². The van der Waals surface area contributed by atoms with Gasteiger partial charge in [-0.2, -0.15) is 0 Å². The van der Waals surface area contributed by atoms with Crippen LogP contribution in [0.4, 0.5) is 0 Å². The molecule has 20 heavy (non-hydrogen) atoms. The van der Waals surface area contributed by atoms with Gasteiger partial charge in [0, 0.05) is 17.5 Å². The van der Waals surface area contributed by atoms with E-state index in [2.05, 4.69) is 62.9 Å². The number of allylic oxidation sites excluding steroid dienone is 2. The van der Waals surface area contributed by atoms with Crippen LogP contribution in [0, 0.1) is 11.3 Å². The topological polar surface area (TPSA) is 12.5 Å². The predicted octanol–water partition coefficient (Wildman–Crippen LogP) is 3.71. The Labute approximate surface area is 122 Å². The van der Waals surface area contributed by atoms with E-state index >= 15 is 0 Å². The zero-order valence-corrected chi connectivity index (χ0v) is 12.5. The Bertz CT molecular complexity index is 450. The van der Waals surface area contributed by atoms with Crippen molar-refractivity contribution >= 4 is 0 Å². The fraction of sp³-hybridized carbons (Fsp3) is 0.444. The van der Waals surface area contributed by atoms with Gasteiger partial charge in [-0.05, 0) is 31.5 Å². The fourth-order valence-corrected chi connectivity index (χ4v) is 3.81. The lowest BCUT2D eigenvalue weighted by Gasteiger charge is -2.38. The SMILES string of the molecule is C=C/C=C\OC1C=C[C@]2(C)C(C1)C(C=C)N(C)C2C=C. The minimum absolute atomic E-state index is 0.108. The number of likely N-dealkylation sites (N-methyl/N-ethyl adjacent to an activating group) is 1. The molecule has 2 heteroatoms. The smallest absolute Gasteiger partial charge is 0.116 e. The molecule has 1 aliphatic carbocycles.